The maximum atomic E-state index is 11.8. The van der Waals surface area contributed by atoms with Gasteiger partial charge in [-0.15, -0.1) is 11.3 Å². The van der Waals surface area contributed by atoms with Crippen molar-refractivity contribution in [3.63, 3.8) is 0 Å². The lowest BCUT2D eigenvalue weighted by Gasteiger charge is -2.22. The van der Waals surface area contributed by atoms with Crippen molar-refractivity contribution in [3.05, 3.63) is 29.0 Å². The summed E-state index contributed by atoms with van der Waals surface area (Å²) in [6.45, 7) is 3.74. The Labute approximate surface area is 127 Å². The van der Waals surface area contributed by atoms with E-state index in [-0.39, 0.29) is 6.54 Å². The van der Waals surface area contributed by atoms with Crippen molar-refractivity contribution in [2.45, 2.75) is 25.9 Å². The first kappa shape index (κ1) is 15.5. The van der Waals surface area contributed by atoms with Gasteiger partial charge >= 0.3 is 6.03 Å². The van der Waals surface area contributed by atoms with Gasteiger partial charge in [0.15, 0.2) is 5.13 Å². The van der Waals surface area contributed by atoms with Gasteiger partial charge in [0.05, 0.1) is 12.7 Å². The number of urea groups is 1. The van der Waals surface area contributed by atoms with E-state index in [9.17, 15) is 9.90 Å². The van der Waals surface area contributed by atoms with Gasteiger partial charge < -0.3 is 10.4 Å². The van der Waals surface area contributed by atoms with Crippen molar-refractivity contribution in [2.24, 2.45) is 7.05 Å². The van der Waals surface area contributed by atoms with E-state index in [0.717, 1.165) is 11.3 Å². The van der Waals surface area contributed by atoms with Gasteiger partial charge in [-0.05, 0) is 13.3 Å². The molecular formula is C13H19N5O2S. The third kappa shape index (κ3) is 4.02. The second-order valence-electron chi connectivity index (χ2n) is 4.97. The summed E-state index contributed by atoms with van der Waals surface area (Å²) >= 11 is 1.44. The van der Waals surface area contributed by atoms with E-state index in [1.807, 2.05) is 6.92 Å². The molecule has 0 bridgehead atoms. The Morgan fingerprint density at radius 3 is 2.86 bits per heavy atom. The Balaban J connectivity index is 1.88. The fourth-order valence-corrected chi connectivity index (χ4v) is 2.47. The number of aromatic nitrogens is 3. The number of hydrogen-bond acceptors (Lipinski definition) is 5. The first-order valence-electron chi connectivity index (χ1n) is 6.62. The highest BCUT2D eigenvalue weighted by atomic mass is 32.1. The van der Waals surface area contributed by atoms with Crippen LogP contribution in [0, 0.1) is 0 Å². The van der Waals surface area contributed by atoms with Crippen LogP contribution in [0.1, 0.15) is 24.3 Å². The largest absolute Gasteiger partial charge is 0.383 e. The van der Waals surface area contributed by atoms with Gasteiger partial charge in [0.2, 0.25) is 0 Å². The zero-order valence-electron chi connectivity index (χ0n) is 12.3. The Kier molecular flexibility index (Phi) is 4.59. The zero-order valence-corrected chi connectivity index (χ0v) is 13.1. The van der Waals surface area contributed by atoms with Crippen LogP contribution in [0.3, 0.4) is 0 Å². The quantitative estimate of drug-likeness (QED) is 0.780. The van der Waals surface area contributed by atoms with Gasteiger partial charge in [-0.1, -0.05) is 6.92 Å². The first-order valence-corrected chi connectivity index (χ1v) is 7.43. The minimum atomic E-state index is -1.18. The number of carbonyl (C=O) groups excluding carboxylic acids is 1. The van der Waals surface area contributed by atoms with Crippen molar-refractivity contribution in [2.75, 3.05) is 11.9 Å². The molecule has 2 aromatic heterocycles. The van der Waals surface area contributed by atoms with Crippen LogP contribution in [-0.2, 0) is 19.1 Å². The Morgan fingerprint density at radius 1 is 1.52 bits per heavy atom. The first-order chi connectivity index (χ1) is 9.90. The lowest BCUT2D eigenvalue weighted by atomic mass is 10.00. The number of hydrogen-bond donors (Lipinski definition) is 3. The van der Waals surface area contributed by atoms with Crippen molar-refractivity contribution < 1.29 is 9.90 Å². The number of rotatable bonds is 5. The van der Waals surface area contributed by atoms with Crippen LogP contribution in [0.15, 0.2) is 18.6 Å². The van der Waals surface area contributed by atoms with Crippen molar-refractivity contribution in [1.29, 1.82) is 0 Å². The lowest BCUT2D eigenvalue weighted by Crippen LogP contribution is -2.40. The summed E-state index contributed by atoms with van der Waals surface area (Å²) in [5, 5.41) is 20.2. The van der Waals surface area contributed by atoms with Crippen LogP contribution in [0.5, 0.6) is 0 Å². The number of aliphatic hydroxyl groups is 1. The van der Waals surface area contributed by atoms with Crippen LogP contribution in [-0.4, -0.2) is 32.4 Å². The molecule has 0 aliphatic heterocycles. The second kappa shape index (κ2) is 6.23. The number of anilines is 1. The van der Waals surface area contributed by atoms with Gasteiger partial charge in [0.1, 0.15) is 5.60 Å². The highest BCUT2D eigenvalue weighted by molar-refractivity contribution is 7.15. The molecule has 0 spiro atoms. The third-order valence-corrected chi connectivity index (χ3v) is 4.10. The average Bonchev–Trinajstić information content (AvgIpc) is 3.06. The summed E-state index contributed by atoms with van der Waals surface area (Å²) in [6, 6.07) is -0.392. The maximum Gasteiger partial charge on any atom is 0.321 e. The van der Waals surface area contributed by atoms with Crippen LogP contribution >= 0.6 is 11.3 Å². The Hall–Kier alpha value is -1.93. The Morgan fingerprint density at radius 2 is 2.29 bits per heavy atom. The van der Waals surface area contributed by atoms with Crippen molar-refractivity contribution >= 4 is 22.5 Å². The van der Waals surface area contributed by atoms with Crippen molar-refractivity contribution in [3.8, 4) is 0 Å². The van der Waals surface area contributed by atoms with E-state index in [1.165, 1.54) is 11.3 Å². The minimum absolute atomic E-state index is 0.0799. The summed E-state index contributed by atoms with van der Waals surface area (Å²) in [5.74, 6) is 0. The summed E-state index contributed by atoms with van der Waals surface area (Å²) in [7, 11) is 1.77. The molecule has 0 aliphatic rings. The molecule has 1 atom stereocenters. The molecule has 114 valence electrons. The molecule has 0 fully saturated rings. The van der Waals surface area contributed by atoms with Gasteiger partial charge in [-0.2, -0.15) is 5.10 Å². The van der Waals surface area contributed by atoms with Crippen LogP contribution in [0.2, 0.25) is 0 Å². The summed E-state index contributed by atoms with van der Waals surface area (Å²) < 4.78 is 1.60. The predicted octanol–water partition coefficient (Wildman–Crippen LogP) is 1.47. The van der Waals surface area contributed by atoms with Crippen molar-refractivity contribution in [1.82, 2.24) is 20.1 Å². The molecule has 2 aromatic rings. The van der Waals surface area contributed by atoms with E-state index < -0.39 is 11.6 Å². The Bertz CT molecular complexity index is 620. The molecule has 3 N–H and O–H groups in total. The number of aryl methyl sites for hydroxylation is 2. The van der Waals surface area contributed by atoms with E-state index in [0.29, 0.717) is 10.7 Å². The summed E-state index contributed by atoms with van der Waals surface area (Å²) in [4.78, 5) is 17.0. The molecule has 21 heavy (non-hydrogen) atoms. The molecule has 0 radical (unpaired) electrons. The number of carbonyl (C=O) groups is 1. The number of amides is 2. The molecule has 7 nitrogen and oxygen atoms in total. The van der Waals surface area contributed by atoms with Crippen LogP contribution in [0.4, 0.5) is 9.93 Å². The van der Waals surface area contributed by atoms with E-state index in [4.69, 9.17) is 0 Å². The number of nitrogens with zero attached hydrogens (tertiary/aromatic N) is 3. The molecule has 0 saturated carbocycles. The fourth-order valence-electron chi connectivity index (χ4n) is 1.72. The van der Waals surface area contributed by atoms with E-state index >= 15 is 0 Å². The monoisotopic (exact) mass is 309 g/mol. The number of nitrogens with one attached hydrogen (secondary N) is 2. The highest BCUT2D eigenvalue weighted by Gasteiger charge is 2.25. The fraction of sp³-hybridized carbons (Fsp3) is 0.462. The van der Waals surface area contributed by atoms with Crippen LogP contribution < -0.4 is 10.6 Å². The van der Waals surface area contributed by atoms with Gasteiger partial charge in [-0.3, -0.25) is 10.00 Å². The molecule has 0 aromatic carbocycles. The topological polar surface area (TPSA) is 92.1 Å². The lowest BCUT2D eigenvalue weighted by molar-refractivity contribution is 0.0599. The maximum absolute atomic E-state index is 11.8. The van der Waals surface area contributed by atoms with E-state index in [1.54, 1.807) is 37.2 Å². The van der Waals surface area contributed by atoms with Gasteiger partial charge in [0, 0.05) is 29.9 Å². The highest BCUT2D eigenvalue weighted by Crippen LogP contribution is 2.20. The molecule has 0 aliphatic carbocycles. The third-order valence-electron chi connectivity index (χ3n) is 3.04. The molecule has 2 amide bonds. The standard InChI is InChI=1S/C13H19N5O2S/c1-4-10-6-14-12(21-10)17-11(19)15-8-13(2,20)9-5-16-18(3)7-9/h5-7,20H,4,8H2,1-3H3,(H2,14,15,17,19). The van der Waals surface area contributed by atoms with E-state index in [2.05, 4.69) is 20.7 Å². The molecule has 1 unspecified atom stereocenters. The van der Waals surface area contributed by atoms with Gasteiger partial charge in [-0.25, -0.2) is 9.78 Å². The number of thiazole rings is 1. The average molecular weight is 309 g/mol. The van der Waals surface area contributed by atoms with Crippen LogP contribution in [0.25, 0.3) is 0 Å². The van der Waals surface area contributed by atoms with Gasteiger partial charge in [0.25, 0.3) is 0 Å². The molecular weight excluding hydrogens is 290 g/mol. The molecule has 0 saturated heterocycles. The smallest absolute Gasteiger partial charge is 0.321 e. The minimum Gasteiger partial charge on any atom is -0.383 e. The normalized spacial score (nSPS) is 13.7. The molecule has 2 heterocycles. The zero-order chi connectivity index (χ0) is 15.5. The molecule has 8 heteroatoms. The summed E-state index contributed by atoms with van der Waals surface area (Å²) in [6.07, 6.45) is 5.92. The predicted molar refractivity (Wildman–Crippen MR) is 81.3 cm³/mol. The molecule has 2 rings (SSSR count). The summed E-state index contributed by atoms with van der Waals surface area (Å²) in [5.41, 5.74) is -0.531. The second-order valence-corrected chi connectivity index (χ2v) is 6.08. The SMILES string of the molecule is CCc1cnc(NC(=O)NCC(C)(O)c2cnn(C)c2)s1.